The first-order valence-electron chi connectivity index (χ1n) is 13.0. The average molecular weight is 581 g/mol. The summed E-state index contributed by atoms with van der Waals surface area (Å²) in [5.74, 6) is -0.0704. The second kappa shape index (κ2) is 11.0. The molecule has 0 unspecified atom stereocenters. The van der Waals surface area contributed by atoms with Gasteiger partial charge in [-0.25, -0.2) is 13.1 Å². The highest BCUT2D eigenvalue weighted by molar-refractivity contribution is 8.26. The molecule has 8 nitrogen and oxygen atoms in total. The lowest BCUT2D eigenvalue weighted by molar-refractivity contribution is -0.123. The van der Waals surface area contributed by atoms with E-state index in [1.807, 2.05) is 48.7 Å². The van der Waals surface area contributed by atoms with E-state index in [0.717, 1.165) is 31.4 Å². The number of benzene rings is 2. The van der Waals surface area contributed by atoms with Crippen molar-refractivity contribution in [3.05, 3.63) is 71.3 Å². The molecule has 2 aliphatic heterocycles. The molecule has 1 amide bonds. The van der Waals surface area contributed by atoms with Crippen molar-refractivity contribution in [2.24, 2.45) is 0 Å². The number of hydrogen-bond donors (Lipinski definition) is 0. The van der Waals surface area contributed by atoms with Crippen molar-refractivity contribution in [1.82, 2.24) is 19.0 Å². The lowest BCUT2D eigenvalue weighted by Crippen LogP contribution is -2.40. The van der Waals surface area contributed by atoms with Crippen molar-refractivity contribution >= 4 is 50.3 Å². The number of thiocarbonyl (C=S) groups is 1. The Morgan fingerprint density at radius 2 is 1.77 bits per heavy atom. The van der Waals surface area contributed by atoms with Gasteiger partial charge in [-0.2, -0.15) is 9.40 Å². The zero-order valence-electron chi connectivity index (χ0n) is 21.2. The number of para-hydroxylation sites is 1. The Morgan fingerprint density at radius 3 is 2.51 bits per heavy atom. The molecule has 0 spiro atoms. The number of morpholine rings is 1. The molecule has 3 heterocycles. The van der Waals surface area contributed by atoms with E-state index in [0.29, 0.717) is 52.3 Å². The van der Waals surface area contributed by atoms with E-state index < -0.39 is 10.0 Å². The number of aromatic nitrogens is 2. The first kappa shape index (κ1) is 26.4. The average Bonchev–Trinajstić information content (AvgIpc) is 3.70. The highest BCUT2D eigenvalue weighted by atomic mass is 32.2. The van der Waals surface area contributed by atoms with Gasteiger partial charge in [-0.3, -0.25) is 9.69 Å². The van der Waals surface area contributed by atoms with Gasteiger partial charge in [0.05, 0.1) is 28.7 Å². The van der Waals surface area contributed by atoms with Crippen LogP contribution in [0.25, 0.3) is 23.0 Å². The molecule has 2 saturated heterocycles. The van der Waals surface area contributed by atoms with Crippen LogP contribution in [0.2, 0.25) is 0 Å². The standard InChI is InChI=1S/C28H28N4O4S3/c33-27-25(38-28(37)32(27)23-10-4-5-11-23)18-21-19-31(22-8-2-1-3-9-22)29-26(21)20-7-6-12-24(17-20)39(34,35)30-13-15-36-16-14-30/h1-3,6-9,12,17-19,23H,4-5,10-11,13-16H2. The fourth-order valence-corrected chi connectivity index (χ4v) is 8.11. The van der Waals surface area contributed by atoms with Crippen LogP contribution in [0, 0.1) is 0 Å². The Labute approximate surface area is 237 Å². The van der Waals surface area contributed by atoms with Gasteiger partial charge in [0.2, 0.25) is 10.0 Å². The first-order valence-corrected chi connectivity index (χ1v) is 15.7. The lowest BCUT2D eigenvalue weighted by atomic mass is 10.1. The fourth-order valence-electron chi connectivity index (χ4n) is 5.27. The number of ether oxygens (including phenoxy) is 1. The predicted octanol–water partition coefficient (Wildman–Crippen LogP) is 4.70. The quantitative estimate of drug-likeness (QED) is 0.309. The van der Waals surface area contributed by atoms with Crippen molar-refractivity contribution in [3.63, 3.8) is 0 Å². The van der Waals surface area contributed by atoms with Gasteiger partial charge in [0.15, 0.2) is 0 Å². The summed E-state index contributed by atoms with van der Waals surface area (Å²) in [5.41, 5.74) is 2.81. The van der Waals surface area contributed by atoms with E-state index in [4.69, 9.17) is 22.1 Å². The maximum Gasteiger partial charge on any atom is 0.266 e. The van der Waals surface area contributed by atoms with Crippen LogP contribution in [0.4, 0.5) is 0 Å². The maximum atomic E-state index is 13.4. The van der Waals surface area contributed by atoms with Crippen molar-refractivity contribution in [3.8, 4) is 16.9 Å². The Morgan fingerprint density at radius 1 is 1.03 bits per heavy atom. The summed E-state index contributed by atoms with van der Waals surface area (Å²) in [5, 5.41) is 4.85. The summed E-state index contributed by atoms with van der Waals surface area (Å²) < 4.78 is 35.9. The Kier molecular flexibility index (Phi) is 7.43. The molecule has 3 aliphatic rings. The minimum atomic E-state index is -3.68. The van der Waals surface area contributed by atoms with E-state index in [2.05, 4.69) is 0 Å². The van der Waals surface area contributed by atoms with E-state index in [1.165, 1.54) is 16.1 Å². The highest BCUT2D eigenvalue weighted by Gasteiger charge is 2.38. The molecule has 1 saturated carbocycles. The van der Waals surface area contributed by atoms with Gasteiger partial charge in [-0.05, 0) is 43.2 Å². The number of carbonyl (C=O) groups is 1. The molecule has 11 heteroatoms. The second-order valence-corrected chi connectivity index (χ2v) is 13.4. The zero-order valence-corrected chi connectivity index (χ0v) is 23.7. The lowest BCUT2D eigenvalue weighted by Gasteiger charge is -2.26. The molecular weight excluding hydrogens is 553 g/mol. The summed E-state index contributed by atoms with van der Waals surface area (Å²) in [6.45, 7) is 1.40. The SMILES string of the molecule is O=C1C(=Cc2cn(-c3ccccc3)nc2-c2cccc(S(=O)(=O)N3CCOCC3)c2)SC(=S)N1C1CCCC1. The summed E-state index contributed by atoms with van der Waals surface area (Å²) in [6.07, 6.45) is 7.87. The van der Waals surface area contributed by atoms with Crippen LogP contribution < -0.4 is 0 Å². The monoisotopic (exact) mass is 580 g/mol. The molecule has 0 radical (unpaired) electrons. The third-order valence-electron chi connectivity index (χ3n) is 7.28. The van der Waals surface area contributed by atoms with E-state index in [-0.39, 0.29) is 16.8 Å². The summed E-state index contributed by atoms with van der Waals surface area (Å²) in [7, 11) is -3.68. The minimum absolute atomic E-state index is 0.0704. The van der Waals surface area contributed by atoms with Crippen LogP contribution in [-0.2, 0) is 19.6 Å². The molecule has 39 heavy (non-hydrogen) atoms. The number of nitrogens with zero attached hydrogens (tertiary/aromatic N) is 4. The van der Waals surface area contributed by atoms with Gasteiger partial charge in [0, 0.05) is 36.5 Å². The third kappa shape index (κ3) is 5.21. The van der Waals surface area contributed by atoms with Crippen molar-refractivity contribution < 1.29 is 17.9 Å². The molecule has 202 valence electrons. The molecule has 3 aromatic rings. The molecule has 0 N–H and O–H groups in total. The number of sulfonamides is 1. The largest absolute Gasteiger partial charge is 0.379 e. The Hall–Kier alpha value is -2.83. The van der Waals surface area contributed by atoms with Gasteiger partial charge in [-0.1, -0.05) is 67.2 Å². The number of hydrogen-bond acceptors (Lipinski definition) is 7. The molecule has 1 aromatic heterocycles. The van der Waals surface area contributed by atoms with Crippen molar-refractivity contribution in [2.75, 3.05) is 26.3 Å². The molecule has 2 aromatic carbocycles. The van der Waals surface area contributed by atoms with Crippen LogP contribution in [0.5, 0.6) is 0 Å². The van der Waals surface area contributed by atoms with Gasteiger partial charge in [0.1, 0.15) is 10.0 Å². The van der Waals surface area contributed by atoms with Crippen molar-refractivity contribution in [2.45, 2.75) is 36.6 Å². The fraction of sp³-hybridized carbons (Fsp3) is 0.321. The second-order valence-electron chi connectivity index (χ2n) is 9.75. The smallest absolute Gasteiger partial charge is 0.266 e. The molecule has 6 rings (SSSR count). The Bertz CT molecular complexity index is 1540. The van der Waals surface area contributed by atoms with E-state index >= 15 is 0 Å². The molecule has 1 aliphatic carbocycles. The van der Waals surface area contributed by atoms with Gasteiger partial charge < -0.3 is 4.74 Å². The van der Waals surface area contributed by atoms with Crippen LogP contribution >= 0.6 is 24.0 Å². The van der Waals surface area contributed by atoms with Crippen LogP contribution in [0.15, 0.2) is 70.6 Å². The maximum absolute atomic E-state index is 13.4. The highest BCUT2D eigenvalue weighted by Crippen LogP contribution is 2.39. The normalized spacial score (nSPS) is 20.4. The van der Waals surface area contributed by atoms with E-state index in [9.17, 15) is 13.2 Å². The first-order chi connectivity index (χ1) is 18.9. The third-order valence-corrected chi connectivity index (χ3v) is 10.5. The molecule has 3 fully saturated rings. The topological polar surface area (TPSA) is 84.7 Å². The molecule has 0 atom stereocenters. The summed E-state index contributed by atoms with van der Waals surface area (Å²) in [4.78, 5) is 16.0. The summed E-state index contributed by atoms with van der Waals surface area (Å²) in [6, 6.07) is 16.7. The number of carbonyl (C=O) groups excluding carboxylic acids is 1. The van der Waals surface area contributed by atoms with Gasteiger partial charge in [0.25, 0.3) is 5.91 Å². The van der Waals surface area contributed by atoms with Crippen LogP contribution in [0.3, 0.4) is 0 Å². The van der Waals surface area contributed by atoms with Crippen molar-refractivity contribution in [1.29, 1.82) is 0 Å². The number of rotatable bonds is 6. The molecular formula is C28H28N4O4S3. The molecule has 0 bridgehead atoms. The number of amides is 1. The summed E-state index contributed by atoms with van der Waals surface area (Å²) >= 11 is 6.92. The van der Waals surface area contributed by atoms with Gasteiger partial charge in [-0.15, -0.1) is 0 Å². The van der Waals surface area contributed by atoms with Crippen LogP contribution in [0.1, 0.15) is 31.2 Å². The van der Waals surface area contributed by atoms with Crippen LogP contribution in [-0.4, -0.2) is 70.0 Å². The van der Waals surface area contributed by atoms with E-state index in [1.54, 1.807) is 27.8 Å². The number of thioether (sulfide) groups is 1. The predicted molar refractivity (Wildman–Crippen MR) is 156 cm³/mol. The zero-order chi connectivity index (χ0) is 27.0. The Balaban J connectivity index is 1.41. The van der Waals surface area contributed by atoms with Gasteiger partial charge >= 0.3 is 0 Å². The minimum Gasteiger partial charge on any atom is -0.379 e.